The van der Waals surface area contributed by atoms with Crippen LogP contribution < -0.4 is 5.32 Å². The molecule has 1 aliphatic carbocycles. The lowest BCUT2D eigenvalue weighted by atomic mass is 9.88. The van der Waals surface area contributed by atoms with Gasteiger partial charge in [0.2, 0.25) is 0 Å². The number of aryl methyl sites for hydroxylation is 1. The fourth-order valence-corrected chi connectivity index (χ4v) is 2.75. The number of hydrogen-bond acceptors (Lipinski definition) is 4. The van der Waals surface area contributed by atoms with Gasteiger partial charge in [-0.25, -0.2) is 0 Å². The third kappa shape index (κ3) is 4.89. The molecule has 2 rings (SSSR count). The summed E-state index contributed by atoms with van der Waals surface area (Å²) >= 11 is 0. The molecule has 5 heteroatoms. The average molecular weight is 281 g/mol. The van der Waals surface area contributed by atoms with E-state index in [0.29, 0.717) is 31.7 Å². The molecule has 5 nitrogen and oxygen atoms in total. The maximum Gasteiger partial charge on any atom is 0.0897 e. The van der Waals surface area contributed by atoms with Crippen molar-refractivity contribution in [3.63, 3.8) is 0 Å². The molecule has 1 saturated carbocycles. The number of nitrogens with one attached hydrogen (secondary N) is 1. The zero-order valence-corrected chi connectivity index (χ0v) is 12.6. The second kappa shape index (κ2) is 7.76. The molecular formula is C15H27N3O2. The van der Waals surface area contributed by atoms with Gasteiger partial charge in [-0.1, -0.05) is 19.8 Å². The van der Waals surface area contributed by atoms with Gasteiger partial charge in [-0.05, 0) is 24.8 Å². The van der Waals surface area contributed by atoms with E-state index in [1.807, 2.05) is 19.3 Å². The normalized spacial score (nSPS) is 24.8. The lowest BCUT2D eigenvalue weighted by molar-refractivity contribution is -0.0452. The molecule has 0 aromatic carbocycles. The second-order valence-electron chi connectivity index (χ2n) is 5.90. The molecule has 20 heavy (non-hydrogen) atoms. The molecule has 0 radical (unpaired) electrons. The standard InChI is InChI=1S/C15H27N3O2/c1-12-5-3-4-6-15(12)20-11-14(19)10-16-9-13-7-8-18(2)17-13/h7-8,12,14-16,19H,3-6,9-11H2,1-2H3. The van der Waals surface area contributed by atoms with E-state index in [1.54, 1.807) is 4.68 Å². The molecule has 3 atom stereocenters. The number of ether oxygens (including phenoxy) is 1. The molecule has 0 spiro atoms. The highest BCUT2D eigenvalue weighted by molar-refractivity contribution is 4.97. The number of aliphatic hydroxyl groups is 1. The van der Waals surface area contributed by atoms with Gasteiger partial charge in [0.25, 0.3) is 0 Å². The maximum atomic E-state index is 9.94. The van der Waals surface area contributed by atoms with E-state index in [0.717, 1.165) is 12.1 Å². The lowest BCUT2D eigenvalue weighted by Gasteiger charge is -2.29. The van der Waals surface area contributed by atoms with Gasteiger partial charge < -0.3 is 15.2 Å². The molecule has 1 heterocycles. The Morgan fingerprint density at radius 1 is 1.50 bits per heavy atom. The van der Waals surface area contributed by atoms with Crippen LogP contribution in [0.15, 0.2) is 12.3 Å². The lowest BCUT2D eigenvalue weighted by Crippen LogP contribution is -2.34. The summed E-state index contributed by atoms with van der Waals surface area (Å²) in [7, 11) is 1.90. The van der Waals surface area contributed by atoms with Gasteiger partial charge in [0.05, 0.1) is 24.5 Å². The number of aliphatic hydroxyl groups excluding tert-OH is 1. The van der Waals surface area contributed by atoms with E-state index in [1.165, 1.54) is 19.3 Å². The monoisotopic (exact) mass is 281 g/mol. The molecule has 0 amide bonds. The summed E-state index contributed by atoms with van der Waals surface area (Å²) in [6, 6.07) is 1.97. The van der Waals surface area contributed by atoms with Crippen LogP contribution in [-0.4, -0.2) is 40.2 Å². The first-order chi connectivity index (χ1) is 9.65. The van der Waals surface area contributed by atoms with Crippen molar-refractivity contribution in [2.24, 2.45) is 13.0 Å². The molecule has 0 saturated heterocycles. The van der Waals surface area contributed by atoms with Crippen LogP contribution in [0.25, 0.3) is 0 Å². The van der Waals surface area contributed by atoms with E-state index in [4.69, 9.17) is 4.74 Å². The van der Waals surface area contributed by atoms with Gasteiger partial charge in [-0.3, -0.25) is 4.68 Å². The van der Waals surface area contributed by atoms with E-state index in [-0.39, 0.29) is 0 Å². The molecule has 1 aliphatic rings. The van der Waals surface area contributed by atoms with Crippen molar-refractivity contribution in [3.8, 4) is 0 Å². The SMILES string of the molecule is CC1CCCCC1OCC(O)CNCc1ccn(C)n1. The van der Waals surface area contributed by atoms with Crippen molar-refractivity contribution in [2.45, 2.75) is 51.4 Å². The highest BCUT2D eigenvalue weighted by atomic mass is 16.5. The first-order valence-electron chi connectivity index (χ1n) is 7.64. The van der Waals surface area contributed by atoms with Gasteiger partial charge in [-0.15, -0.1) is 0 Å². The van der Waals surface area contributed by atoms with E-state index < -0.39 is 6.10 Å². The highest BCUT2D eigenvalue weighted by Crippen LogP contribution is 2.26. The summed E-state index contributed by atoms with van der Waals surface area (Å²) in [5, 5.41) is 17.4. The van der Waals surface area contributed by atoms with Crippen molar-refractivity contribution >= 4 is 0 Å². The first-order valence-corrected chi connectivity index (χ1v) is 7.64. The molecule has 1 aromatic heterocycles. The molecular weight excluding hydrogens is 254 g/mol. The largest absolute Gasteiger partial charge is 0.389 e. The van der Waals surface area contributed by atoms with Crippen molar-refractivity contribution < 1.29 is 9.84 Å². The summed E-state index contributed by atoms with van der Waals surface area (Å²) in [6.07, 6.45) is 6.75. The Hall–Kier alpha value is -0.910. The molecule has 0 aliphatic heterocycles. The highest BCUT2D eigenvalue weighted by Gasteiger charge is 2.22. The van der Waals surface area contributed by atoms with Crippen LogP contribution in [0.2, 0.25) is 0 Å². The van der Waals surface area contributed by atoms with E-state index in [9.17, 15) is 5.11 Å². The third-order valence-corrected chi connectivity index (χ3v) is 3.99. The quantitative estimate of drug-likeness (QED) is 0.794. The van der Waals surface area contributed by atoms with Crippen molar-refractivity contribution in [3.05, 3.63) is 18.0 Å². The summed E-state index contributed by atoms with van der Waals surface area (Å²) in [4.78, 5) is 0. The predicted octanol–water partition coefficient (Wildman–Crippen LogP) is 1.47. The zero-order valence-electron chi connectivity index (χ0n) is 12.6. The molecule has 1 fully saturated rings. The van der Waals surface area contributed by atoms with Crippen LogP contribution >= 0.6 is 0 Å². The van der Waals surface area contributed by atoms with Crippen molar-refractivity contribution in [1.82, 2.24) is 15.1 Å². The molecule has 3 unspecified atom stereocenters. The molecule has 114 valence electrons. The predicted molar refractivity (Wildman–Crippen MR) is 78.3 cm³/mol. The Bertz CT molecular complexity index is 394. The van der Waals surface area contributed by atoms with Gasteiger partial charge in [0.15, 0.2) is 0 Å². The summed E-state index contributed by atoms with van der Waals surface area (Å²) < 4.78 is 7.63. The van der Waals surface area contributed by atoms with Crippen LogP contribution in [0, 0.1) is 5.92 Å². The van der Waals surface area contributed by atoms with Crippen LogP contribution in [0.3, 0.4) is 0 Å². The van der Waals surface area contributed by atoms with Gasteiger partial charge in [-0.2, -0.15) is 5.10 Å². The van der Waals surface area contributed by atoms with E-state index in [2.05, 4.69) is 17.3 Å². The second-order valence-corrected chi connectivity index (χ2v) is 5.90. The minimum atomic E-state index is -0.451. The number of aromatic nitrogens is 2. The topological polar surface area (TPSA) is 59.3 Å². The molecule has 0 bridgehead atoms. The Morgan fingerprint density at radius 2 is 2.30 bits per heavy atom. The minimum absolute atomic E-state index is 0.328. The summed E-state index contributed by atoms with van der Waals surface area (Å²) in [5.41, 5.74) is 0.988. The molecule has 1 aromatic rings. The molecule has 2 N–H and O–H groups in total. The van der Waals surface area contributed by atoms with Gasteiger partial charge in [0, 0.05) is 26.3 Å². The van der Waals surface area contributed by atoms with Crippen molar-refractivity contribution in [2.75, 3.05) is 13.2 Å². The Labute approximate surface area is 121 Å². The first kappa shape index (κ1) is 15.5. The number of rotatable bonds is 7. The zero-order chi connectivity index (χ0) is 14.4. The minimum Gasteiger partial charge on any atom is -0.389 e. The van der Waals surface area contributed by atoms with Crippen molar-refractivity contribution in [1.29, 1.82) is 0 Å². The Balaban J connectivity index is 1.59. The van der Waals surface area contributed by atoms with Gasteiger partial charge in [0.1, 0.15) is 0 Å². The third-order valence-electron chi connectivity index (χ3n) is 3.99. The number of nitrogens with zero attached hydrogens (tertiary/aromatic N) is 2. The fourth-order valence-electron chi connectivity index (χ4n) is 2.75. The summed E-state index contributed by atoms with van der Waals surface area (Å²) in [6.45, 7) is 3.88. The smallest absolute Gasteiger partial charge is 0.0897 e. The summed E-state index contributed by atoms with van der Waals surface area (Å²) in [5.74, 6) is 0.623. The van der Waals surface area contributed by atoms with E-state index >= 15 is 0 Å². The van der Waals surface area contributed by atoms with Crippen LogP contribution in [0.5, 0.6) is 0 Å². The Kier molecular flexibility index (Phi) is 6.01. The fraction of sp³-hybridized carbons (Fsp3) is 0.800. The number of hydrogen-bond donors (Lipinski definition) is 2. The Morgan fingerprint density at radius 3 is 3.00 bits per heavy atom. The van der Waals surface area contributed by atoms with Crippen LogP contribution in [0.1, 0.15) is 38.3 Å². The maximum absolute atomic E-state index is 9.94. The van der Waals surface area contributed by atoms with Gasteiger partial charge >= 0.3 is 0 Å². The van der Waals surface area contributed by atoms with Crippen LogP contribution in [0.4, 0.5) is 0 Å². The average Bonchev–Trinajstić information content (AvgIpc) is 2.83. The van der Waals surface area contributed by atoms with Crippen LogP contribution in [-0.2, 0) is 18.3 Å².